The summed E-state index contributed by atoms with van der Waals surface area (Å²) in [6, 6.07) is 27.8. The summed E-state index contributed by atoms with van der Waals surface area (Å²) in [6.07, 6.45) is 3.19. The maximum atomic E-state index is 11.7. The van der Waals surface area contributed by atoms with Crippen LogP contribution in [-0.4, -0.2) is 17.6 Å². The summed E-state index contributed by atoms with van der Waals surface area (Å²) in [5, 5.41) is 0.962. The molecule has 4 heteroatoms. The van der Waals surface area contributed by atoms with Gasteiger partial charge in [-0.1, -0.05) is 85.4 Å². The van der Waals surface area contributed by atoms with Crippen molar-refractivity contribution >= 4 is 33.4 Å². The second-order valence-corrected chi connectivity index (χ2v) is 8.09. The first-order chi connectivity index (χ1) is 15.6. The lowest BCUT2D eigenvalue weighted by molar-refractivity contribution is 0.0526. The topological polar surface area (TPSA) is 38.7 Å². The molecule has 0 amide bonds. The molecule has 3 aromatic carbocycles. The van der Waals surface area contributed by atoms with Crippen molar-refractivity contribution in [1.82, 2.24) is 0 Å². The molecule has 32 heavy (non-hydrogen) atoms. The quantitative estimate of drug-likeness (QED) is 0.219. The van der Waals surface area contributed by atoms with Crippen molar-refractivity contribution in [3.63, 3.8) is 0 Å². The number of allylic oxidation sites excluding steroid dienone is 1. The van der Waals surface area contributed by atoms with E-state index in [1.807, 2.05) is 68.5 Å². The normalized spacial score (nSPS) is 11.4. The summed E-state index contributed by atoms with van der Waals surface area (Å²) in [6.45, 7) is 8.34. The SMILES string of the molecule is C/C=C(\SC(C)=Nc1ccccc1)c1ccc(C(=O)OCC)cc1.CCc1ccccc1. The molecule has 0 aromatic heterocycles. The van der Waals surface area contributed by atoms with Crippen LogP contribution in [0.1, 0.15) is 49.2 Å². The maximum absolute atomic E-state index is 11.7. The molecule has 0 fully saturated rings. The highest BCUT2D eigenvalue weighted by molar-refractivity contribution is 8.21. The van der Waals surface area contributed by atoms with E-state index in [0.29, 0.717) is 12.2 Å². The van der Waals surface area contributed by atoms with Crippen LogP contribution in [-0.2, 0) is 11.2 Å². The highest BCUT2D eigenvalue weighted by atomic mass is 32.2. The number of thioether (sulfide) groups is 1. The van der Waals surface area contributed by atoms with Crippen LogP contribution in [0.4, 0.5) is 5.69 Å². The molecule has 3 aromatic rings. The smallest absolute Gasteiger partial charge is 0.338 e. The number of carbonyl (C=O) groups is 1. The summed E-state index contributed by atoms with van der Waals surface area (Å²) in [5.41, 5.74) is 3.97. The average Bonchev–Trinajstić information content (AvgIpc) is 2.84. The number of aryl methyl sites for hydroxylation is 1. The Hall–Kier alpha value is -3.11. The Labute approximate surface area is 196 Å². The number of benzene rings is 3. The Bertz CT molecular complexity index is 1010. The lowest BCUT2D eigenvalue weighted by Gasteiger charge is -2.08. The number of nitrogens with zero attached hydrogens (tertiary/aromatic N) is 1. The summed E-state index contributed by atoms with van der Waals surface area (Å²) >= 11 is 1.61. The van der Waals surface area contributed by atoms with Crippen molar-refractivity contribution in [2.45, 2.75) is 34.1 Å². The lowest BCUT2D eigenvalue weighted by atomic mass is 10.1. The van der Waals surface area contributed by atoms with Crippen LogP contribution in [0.5, 0.6) is 0 Å². The zero-order chi connectivity index (χ0) is 23.2. The van der Waals surface area contributed by atoms with Crippen molar-refractivity contribution in [2.75, 3.05) is 6.61 Å². The van der Waals surface area contributed by atoms with Gasteiger partial charge in [-0.05, 0) is 62.6 Å². The molecule has 3 rings (SSSR count). The van der Waals surface area contributed by atoms with E-state index >= 15 is 0 Å². The molecule has 0 N–H and O–H groups in total. The highest BCUT2D eigenvalue weighted by Gasteiger charge is 2.08. The Morgan fingerprint density at radius 1 is 0.875 bits per heavy atom. The van der Waals surface area contributed by atoms with Crippen LogP contribution in [0.15, 0.2) is 96.0 Å². The summed E-state index contributed by atoms with van der Waals surface area (Å²) < 4.78 is 5.01. The third-order valence-corrected chi connectivity index (χ3v) is 5.57. The molecule has 0 heterocycles. The van der Waals surface area contributed by atoms with Crippen LogP contribution < -0.4 is 0 Å². The first kappa shape index (κ1) is 25.2. The zero-order valence-electron chi connectivity index (χ0n) is 19.2. The molecule has 0 saturated heterocycles. The molecule has 0 spiro atoms. The summed E-state index contributed by atoms with van der Waals surface area (Å²) in [7, 11) is 0. The van der Waals surface area contributed by atoms with Crippen molar-refractivity contribution in [3.8, 4) is 0 Å². The Kier molecular flexibility index (Phi) is 11.0. The molecule has 0 aliphatic carbocycles. The van der Waals surface area contributed by atoms with Crippen molar-refractivity contribution in [2.24, 2.45) is 4.99 Å². The van der Waals surface area contributed by atoms with Gasteiger partial charge in [0.05, 0.1) is 22.9 Å². The minimum Gasteiger partial charge on any atom is -0.462 e. The van der Waals surface area contributed by atoms with Crippen molar-refractivity contribution in [3.05, 3.63) is 108 Å². The number of para-hydroxylation sites is 1. The molecular weight excluding hydrogens is 414 g/mol. The average molecular weight is 446 g/mol. The van der Waals surface area contributed by atoms with E-state index in [4.69, 9.17) is 4.74 Å². The molecular formula is C28H31NO2S. The first-order valence-electron chi connectivity index (χ1n) is 10.8. The molecule has 0 radical (unpaired) electrons. The van der Waals surface area contributed by atoms with Gasteiger partial charge in [0.1, 0.15) is 0 Å². The van der Waals surface area contributed by atoms with E-state index < -0.39 is 0 Å². The van der Waals surface area contributed by atoms with Crippen LogP contribution in [0.2, 0.25) is 0 Å². The third kappa shape index (κ3) is 8.56. The van der Waals surface area contributed by atoms with Crippen LogP contribution in [0.3, 0.4) is 0 Å². The zero-order valence-corrected chi connectivity index (χ0v) is 20.1. The van der Waals surface area contributed by atoms with Gasteiger partial charge in [0, 0.05) is 4.91 Å². The van der Waals surface area contributed by atoms with Gasteiger partial charge in [-0.3, -0.25) is 0 Å². The standard InChI is InChI=1S/C20H21NO2S.C8H10/c1-4-19(24-15(3)21-18-9-7-6-8-10-18)16-11-13-17(14-12-16)20(22)23-5-2;1-2-8-6-4-3-5-7-8/h4,6-14H,5H2,1-3H3;3-7H,2H2,1H3/b19-4-,21-15?;. The van der Waals surface area contributed by atoms with Gasteiger partial charge < -0.3 is 4.74 Å². The van der Waals surface area contributed by atoms with E-state index in [2.05, 4.69) is 36.2 Å². The predicted octanol–water partition coefficient (Wildman–Crippen LogP) is 7.96. The highest BCUT2D eigenvalue weighted by Crippen LogP contribution is 2.30. The molecule has 0 atom stereocenters. The minimum absolute atomic E-state index is 0.291. The molecule has 0 unspecified atom stereocenters. The van der Waals surface area contributed by atoms with E-state index in [1.165, 1.54) is 5.56 Å². The monoisotopic (exact) mass is 445 g/mol. The molecule has 0 aliphatic heterocycles. The number of ether oxygens (including phenoxy) is 1. The fourth-order valence-corrected chi connectivity index (χ4v) is 3.69. The predicted molar refractivity (Wildman–Crippen MR) is 139 cm³/mol. The molecule has 3 nitrogen and oxygen atoms in total. The molecule has 0 aliphatic rings. The van der Waals surface area contributed by atoms with Gasteiger partial charge in [-0.2, -0.15) is 0 Å². The van der Waals surface area contributed by atoms with Crippen LogP contribution >= 0.6 is 11.8 Å². The number of hydrogen-bond donors (Lipinski definition) is 0. The second kappa shape index (κ2) is 14.0. The minimum atomic E-state index is -0.291. The van der Waals surface area contributed by atoms with Crippen LogP contribution in [0.25, 0.3) is 4.91 Å². The number of esters is 1. The summed E-state index contributed by atoms with van der Waals surface area (Å²) in [4.78, 5) is 17.4. The summed E-state index contributed by atoms with van der Waals surface area (Å²) in [5.74, 6) is -0.291. The number of hydrogen-bond acceptors (Lipinski definition) is 4. The van der Waals surface area contributed by atoms with Gasteiger partial charge in [-0.25, -0.2) is 9.79 Å². The Morgan fingerprint density at radius 3 is 1.94 bits per heavy atom. The molecule has 0 bridgehead atoms. The molecule has 0 saturated carbocycles. The number of carbonyl (C=O) groups excluding carboxylic acids is 1. The molecule has 166 valence electrons. The van der Waals surface area contributed by atoms with Crippen molar-refractivity contribution < 1.29 is 9.53 Å². The van der Waals surface area contributed by atoms with Crippen molar-refractivity contribution in [1.29, 1.82) is 0 Å². The fraction of sp³-hybridized carbons (Fsp3) is 0.214. The maximum Gasteiger partial charge on any atom is 0.338 e. The Morgan fingerprint density at radius 2 is 1.44 bits per heavy atom. The van der Waals surface area contributed by atoms with Gasteiger partial charge >= 0.3 is 5.97 Å². The fourth-order valence-electron chi connectivity index (χ4n) is 2.85. The largest absolute Gasteiger partial charge is 0.462 e. The van der Waals surface area contributed by atoms with E-state index in [1.54, 1.807) is 30.8 Å². The van der Waals surface area contributed by atoms with Crippen LogP contribution in [0, 0.1) is 0 Å². The third-order valence-electron chi connectivity index (χ3n) is 4.49. The van der Waals surface area contributed by atoms with E-state index in [9.17, 15) is 4.79 Å². The first-order valence-corrected chi connectivity index (χ1v) is 11.6. The van der Waals surface area contributed by atoms with Gasteiger partial charge in [-0.15, -0.1) is 0 Å². The van der Waals surface area contributed by atoms with Gasteiger partial charge in [0.15, 0.2) is 0 Å². The number of aliphatic imine (C=N–C) groups is 1. The van der Waals surface area contributed by atoms with E-state index in [-0.39, 0.29) is 5.97 Å². The Balaban J connectivity index is 0.000000380. The van der Waals surface area contributed by atoms with E-state index in [0.717, 1.165) is 27.6 Å². The van der Waals surface area contributed by atoms with Gasteiger partial charge in [0.25, 0.3) is 0 Å². The lowest BCUT2D eigenvalue weighted by Crippen LogP contribution is -2.04. The van der Waals surface area contributed by atoms with Gasteiger partial charge in [0.2, 0.25) is 0 Å². The second-order valence-electron chi connectivity index (χ2n) is 6.86. The number of rotatable bonds is 6.